The molecule has 13 atom stereocenters. The van der Waals surface area contributed by atoms with Crippen LogP contribution >= 0.6 is 0 Å². The zero-order valence-corrected chi connectivity index (χ0v) is 66.2. The van der Waals surface area contributed by atoms with Crippen molar-refractivity contribution in [1.82, 2.24) is 74.1 Å². The van der Waals surface area contributed by atoms with Crippen LogP contribution in [0.2, 0.25) is 0 Å². The predicted octanol–water partition coefficient (Wildman–Crippen LogP) is -4.93. The molecule has 1 aliphatic rings. The second-order valence-electron chi connectivity index (χ2n) is 28.3. The minimum absolute atomic E-state index is 0.0998. The normalized spacial score (nSPS) is 20.9. The summed E-state index contributed by atoms with van der Waals surface area (Å²) in [5.74, 6) is -30.2. The van der Waals surface area contributed by atoms with Crippen LogP contribution in [0.5, 0.6) is 0 Å². The maximum atomic E-state index is 14.9. The molecule has 0 saturated carbocycles. The number of aryl methyl sites for hydroxylation is 1. The average Bonchev–Trinajstić information content (AvgIpc) is 1.76. The molecule has 14 amide bonds. The summed E-state index contributed by atoms with van der Waals surface area (Å²) in [6.07, 6.45) is -3.41. The van der Waals surface area contributed by atoms with Crippen molar-refractivity contribution in [1.29, 1.82) is 0 Å². The number of para-hydroxylation sites is 2. The van der Waals surface area contributed by atoms with E-state index in [1.807, 2.05) is 40.2 Å². The van der Waals surface area contributed by atoms with Crippen LogP contribution in [0.15, 0.2) is 85.1 Å². The lowest BCUT2D eigenvalue weighted by molar-refractivity contribution is -0.156. The summed E-state index contributed by atoms with van der Waals surface area (Å²) in [5.41, 5.74) is 20.3. The molecular formula is C77H101N17O26. The first kappa shape index (κ1) is 96.8. The van der Waals surface area contributed by atoms with Gasteiger partial charge in [-0.1, -0.05) is 81.3 Å². The zero-order chi connectivity index (χ0) is 89.2. The number of nitrogens with two attached hydrogens (primary N) is 3. The number of carbonyl (C=O) groups excluding carboxylic acids is 16. The Labute approximate surface area is 685 Å². The number of rotatable bonds is 33. The number of carboxylic acid groups (broad SMARTS) is 4. The molecule has 1 aliphatic heterocycles. The molecule has 650 valence electrons. The number of ketones is 1. The van der Waals surface area contributed by atoms with E-state index in [1.54, 1.807) is 37.4 Å². The van der Waals surface area contributed by atoms with Crippen molar-refractivity contribution in [3.05, 3.63) is 107 Å². The topological polar surface area (TPSA) is 702 Å². The van der Waals surface area contributed by atoms with Crippen molar-refractivity contribution in [3.8, 4) is 0 Å². The van der Waals surface area contributed by atoms with Gasteiger partial charge in [0.1, 0.15) is 72.6 Å². The number of aromatic nitrogens is 1. The molecule has 1 saturated heterocycles. The number of nitrogens with one attached hydrogen (secondary N) is 14. The third-order valence-corrected chi connectivity index (χ3v) is 18.7. The molecule has 5 rings (SSSR count). The highest BCUT2D eigenvalue weighted by molar-refractivity contribution is 6.06. The number of allylic oxidation sites excluding steroid dienone is 1. The number of benzene rings is 3. The summed E-state index contributed by atoms with van der Waals surface area (Å²) in [6.45, 7) is 2.75. The molecule has 0 spiro atoms. The summed E-state index contributed by atoms with van der Waals surface area (Å²) >= 11 is 0. The number of Topliss-reactive ketones (excluding diaryl/α,β-unsaturated/α-hetero) is 1. The largest absolute Gasteiger partial charge is 0.481 e. The van der Waals surface area contributed by atoms with Crippen molar-refractivity contribution in [2.45, 2.75) is 191 Å². The number of nitrogen functional groups attached to an aromatic ring is 1. The molecule has 2 heterocycles. The number of aliphatic hydroxyl groups is 1. The number of amides is 14. The van der Waals surface area contributed by atoms with Gasteiger partial charge in [0, 0.05) is 47.3 Å². The number of hydrogen-bond donors (Lipinski definition) is 22. The summed E-state index contributed by atoms with van der Waals surface area (Å²) in [4.78, 5) is 278. The van der Waals surface area contributed by atoms with E-state index in [2.05, 4.69) is 65.1 Å². The first-order valence-electron chi connectivity index (χ1n) is 38.0. The number of carbonyl (C=O) groups is 20. The van der Waals surface area contributed by atoms with Gasteiger partial charge in [0.25, 0.3) is 0 Å². The third-order valence-electron chi connectivity index (χ3n) is 18.7. The van der Waals surface area contributed by atoms with Crippen molar-refractivity contribution in [2.24, 2.45) is 17.4 Å². The smallest absolute Gasteiger partial charge is 0.329 e. The number of cyclic esters (lactones) is 1. The van der Waals surface area contributed by atoms with Gasteiger partial charge in [-0.2, -0.15) is 0 Å². The van der Waals surface area contributed by atoms with Crippen LogP contribution in [0, 0.1) is 5.92 Å². The summed E-state index contributed by atoms with van der Waals surface area (Å²) in [7, 11) is 0. The van der Waals surface area contributed by atoms with E-state index >= 15 is 0 Å². The second kappa shape index (κ2) is 47.5. The van der Waals surface area contributed by atoms with Gasteiger partial charge in [-0.15, -0.1) is 0 Å². The molecule has 43 heteroatoms. The quantitative estimate of drug-likeness (QED) is 0.00699. The highest BCUT2D eigenvalue weighted by atomic mass is 16.5. The fourth-order valence-electron chi connectivity index (χ4n) is 12.2. The minimum Gasteiger partial charge on any atom is -0.481 e. The first-order chi connectivity index (χ1) is 56.7. The SMILES string of the molecule is CCCCCc1ccc(/C(C)=C/C(=O)NC(Cc2c[nH]c3ccccc23)C(=O)N[C@H](CC(N)=O)C(=O)N[C@@H](CC(=O)O)C(=O)N[C@@H]2C(=O)NCC(=O)N[C@@H](CCCN)C(=O)N[C@@H](CC(=O)O)C(=O)N[C@H](C)C(=O)N[C@@H](CC(=O)O)C(=O)NCC(=O)N[C@H](CO)C(=O)N[C@@H]([C@H](C)CC(=O)O)C(=O)N[C@@H](CC(=O)c3ccccc3N)C(=O)O[C@@H]2C)cc1. The number of anilines is 1. The van der Waals surface area contributed by atoms with E-state index in [4.69, 9.17) is 21.9 Å². The Morgan fingerprint density at radius 3 is 1.73 bits per heavy atom. The van der Waals surface area contributed by atoms with Crippen LogP contribution in [0.25, 0.3) is 16.5 Å². The molecule has 0 aliphatic carbocycles. The lowest BCUT2D eigenvalue weighted by Gasteiger charge is -2.30. The predicted molar refractivity (Wildman–Crippen MR) is 421 cm³/mol. The Morgan fingerprint density at radius 1 is 0.575 bits per heavy atom. The first-order valence-corrected chi connectivity index (χ1v) is 38.0. The molecule has 43 nitrogen and oxygen atoms in total. The highest BCUT2D eigenvalue weighted by Gasteiger charge is 2.41. The van der Waals surface area contributed by atoms with E-state index < -0.39 is 261 Å². The number of aromatic amines is 1. The van der Waals surface area contributed by atoms with Crippen LogP contribution < -0.4 is 86.3 Å². The lowest BCUT2D eigenvalue weighted by Crippen LogP contribution is -2.62. The number of carboxylic acids is 4. The third kappa shape index (κ3) is 31.4. The van der Waals surface area contributed by atoms with E-state index in [9.17, 15) is 121 Å². The van der Waals surface area contributed by atoms with Gasteiger partial charge in [-0.3, -0.25) is 91.1 Å². The molecular weight excluding hydrogens is 1580 g/mol. The van der Waals surface area contributed by atoms with Crippen LogP contribution in [0.4, 0.5) is 5.69 Å². The van der Waals surface area contributed by atoms with Crippen LogP contribution in [-0.4, -0.2) is 248 Å². The number of fused-ring (bicyclic) bond motifs is 1. The van der Waals surface area contributed by atoms with Crippen molar-refractivity contribution >= 4 is 140 Å². The van der Waals surface area contributed by atoms with Crippen molar-refractivity contribution < 1.29 is 126 Å². The summed E-state index contributed by atoms with van der Waals surface area (Å²) in [5, 5.41) is 78.7. The molecule has 0 bridgehead atoms. The Bertz CT molecular complexity index is 4490. The van der Waals surface area contributed by atoms with E-state index in [1.165, 1.54) is 30.3 Å². The maximum Gasteiger partial charge on any atom is 0.329 e. The average molecular weight is 1680 g/mol. The van der Waals surface area contributed by atoms with Gasteiger partial charge < -0.3 is 122 Å². The highest BCUT2D eigenvalue weighted by Crippen LogP contribution is 2.22. The standard InChI is InChI=1S/C77H101N17O26/c1-6-7-8-14-41-20-22-42(23-21-41)37(2)25-58(98)86-49(27-43-33-81-47-18-12-10-15-44(43)47)71(113)89-50(29-57(80)97)72(114)91-53(32-64(107)108)73(115)94-66-40(5)120-77(119)54(28-56(96)45-16-9-11-17-46(45)79)92-76(118)65(38(3)26-61(101)102)93-74(116)55(36-95)87-60(100)34-82-68(110)51(30-62(103)104)88-67(109)39(4)84-70(112)52(31-63(105)106)90-69(111)48(19-13-24-78)85-59(99)35-83-75(66)117/h9-12,15-18,20-23,25,33,38-40,48-55,65-66,81,95H,6-8,13-14,19,24,26-32,34-36,78-79H2,1-5H3,(H2,80,97)(H,82,110)(H,83,117)(H,84,112)(H,85,99)(H,86,98)(H,87,100)(H,88,109)(H,89,113)(H,90,111)(H,91,114)(H,92,118)(H,93,116)(H,94,115)(H,101,102)(H,103,104)(H,105,106)(H,107,108)/b37-25+/t38-,39-,40-,48+,49?,50-,51+,52+,53+,54+,55-,65+,66+/m1/s1. The van der Waals surface area contributed by atoms with Crippen molar-refractivity contribution in [3.63, 3.8) is 0 Å². The Morgan fingerprint density at radius 2 is 1.13 bits per heavy atom. The van der Waals surface area contributed by atoms with Gasteiger partial charge in [0.15, 0.2) is 5.78 Å². The number of aliphatic carboxylic acids is 4. The minimum atomic E-state index is -2.47. The molecule has 3 aromatic carbocycles. The maximum absolute atomic E-state index is 14.9. The van der Waals surface area contributed by atoms with E-state index in [0.717, 1.165) is 52.0 Å². The second-order valence-corrected chi connectivity index (χ2v) is 28.3. The van der Waals surface area contributed by atoms with Gasteiger partial charge in [-0.25, -0.2) is 4.79 Å². The monoisotopic (exact) mass is 1680 g/mol. The lowest BCUT2D eigenvalue weighted by atomic mass is 9.96. The number of esters is 1. The van der Waals surface area contributed by atoms with Crippen LogP contribution in [0.3, 0.4) is 0 Å². The van der Waals surface area contributed by atoms with Crippen LogP contribution in [0.1, 0.15) is 132 Å². The Hall–Kier alpha value is -13.7. The molecule has 1 fully saturated rings. The Balaban J connectivity index is 1.61. The van der Waals surface area contributed by atoms with E-state index in [-0.39, 0.29) is 30.6 Å². The van der Waals surface area contributed by atoms with E-state index in [0.29, 0.717) is 27.6 Å². The van der Waals surface area contributed by atoms with Gasteiger partial charge in [0.2, 0.25) is 82.7 Å². The number of ether oxygens (including phenoxy) is 1. The Kier molecular flexibility index (Phi) is 38.3. The summed E-state index contributed by atoms with van der Waals surface area (Å²) in [6, 6.07) is -3.37. The molecule has 25 N–H and O–H groups in total. The zero-order valence-electron chi connectivity index (χ0n) is 66.2. The fraction of sp³-hybridized carbons (Fsp3) is 0.455. The fourth-order valence-corrected chi connectivity index (χ4v) is 12.2. The number of aliphatic hydroxyl groups excluding tert-OH is 1. The number of H-pyrrole nitrogens is 1. The number of primary amides is 1. The number of hydrogen-bond acceptors (Lipinski definition) is 24. The molecule has 120 heavy (non-hydrogen) atoms. The van der Waals surface area contributed by atoms with Crippen molar-refractivity contribution in [2.75, 3.05) is 32.0 Å². The van der Waals surface area contributed by atoms with Gasteiger partial charge in [0.05, 0.1) is 51.8 Å². The van der Waals surface area contributed by atoms with Gasteiger partial charge >= 0.3 is 29.8 Å². The molecule has 4 aromatic rings. The number of unbranched alkanes of at least 4 members (excludes halogenated alkanes) is 2. The van der Waals surface area contributed by atoms with Crippen LogP contribution in [-0.2, 0) is 109 Å². The molecule has 1 aromatic heterocycles. The molecule has 1 unspecified atom stereocenters. The van der Waals surface area contributed by atoms with Gasteiger partial charge in [-0.05, 0) is 99.4 Å². The summed E-state index contributed by atoms with van der Waals surface area (Å²) < 4.78 is 5.69. The molecule has 0 radical (unpaired) electrons.